The lowest BCUT2D eigenvalue weighted by molar-refractivity contribution is -0.117. The molecule has 0 saturated heterocycles. The van der Waals surface area contributed by atoms with Crippen LogP contribution in [0.1, 0.15) is 34.8 Å². The zero-order valence-electron chi connectivity index (χ0n) is 15.2. The predicted molar refractivity (Wildman–Crippen MR) is 112 cm³/mol. The summed E-state index contributed by atoms with van der Waals surface area (Å²) >= 11 is 3.42. The Morgan fingerprint density at radius 1 is 1.21 bits per heavy atom. The number of nitrogens with zero attached hydrogens (tertiary/aromatic N) is 1. The Morgan fingerprint density at radius 2 is 1.93 bits per heavy atom. The van der Waals surface area contributed by atoms with Gasteiger partial charge in [0.05, 0.1) is 11.0 Å². The minimum Gasteiger partial charge on any atom is -0.366 e. The first-order valence-corrected chi connectivity index (χ1v) is 9.79. The summed E-state index contributed by atoms with van der Waals surface area (Å²) in [7, 11) is 0. The molecule has 1 aromatic heterocycles. The number of nitrogens with one attached hydrogen (secondary N) is 2. The van der Waals surface area contributed by atoms with E-state index in [-0.39, 0.29) is 12.3 Å². The van der Waals surface area contributed by atoms with Crippen LogP contribution >= 0.6 is 15.9 Å². The van der Waals surface area contributed by atoms with Crippen molar-refractivity contribution in [3.8, 4) is 0 Å². The number of amides is 2. The molecule has 4 rings (SSSR count). The van der Waals surface area contributed by atoms with Crippen molar-refractivity contribution in [3.05, 3.63) is 72.7 Å². The zero-order chi connectivity index (χ0) is 20.7. The van der Waals surface area contributed by atoms with Crippen LogP contribution in [0.3, 0.4) is 0 Å². The molecule has 2 aromatic carbocycles. The van der Waals surface area contributed by atoms with Gasteiger partial charge in [0.25, 0.3) is 0 Å². The van der Waals surface area contributed by atoms with Crippen LogP contribution in [0, 0.1) is 0 Å². The Bertz CT molecular complexity index is 1260. The third-order valence-electron chi connectivity index (χ3n) is 5.04. The van der Waals surface area contributed by atoms with Gasteiger partial charge in [0.15, 0.2) is 0 Å². The van der Waals surface area contributed by atoms with E-state index in [2.05, 4.69) is 26.2 Å². The Morgan fingerprint density at radius 3 is 2.62 bits per heavy atom. The number of aromatic nitrogens is 2. The number of benzene rings is 2. The molecule has 0 spiro atoms. The topological polar surface area (TPSA) is 127 Å². The number of aromatic amines is 1. The number of carbonyl (C=O) groups is 2. The van der Waals surface area contributed by atoms with E-state index in [0.29, 0.717) is 35.1 Å². The van der Waals surface area contributed by atoms with E-state index in [1.54, 1.807) is 18.2 Å². The lowest BCUT2D eigenvalue weighted by atomic mass is 9.96. The van der Waals surface area contributed by atoms with Crippen LogP contribution in [0.25, 0.3) is 11.0 Å². The van der Waals surface area contributed by atoms with Gasteiger partial charge in [0, 0.05) is 28.2 Å². The van der Waals surface area contributed by atoms with E-state index in [9.17, 15) is 19.2 Å². The Labute approximate surface area is 172 Å². The molecular weight excluding hydrogens is 440 g/mol. The van der Waals surface area contributed by atoms with Gasteiger partial charge in [-0.2, -0.15) is 0 Å². The van der Waals surface area contributed by atoms with Crippen LogP contribution < -0.4 is 22.2 Å². The first kappa shape index (κ1) is 19.1. The summed E-state index contributed by atoms with van der Waals surface area (Å²) in [4.78, 5) is 51.0. The molecular formula is C20H17BrN4O4. The van der Waals surface area contributed by atoms with Gasteiger partial charge in [-0.3, -0.25) is 23.7 Å². The molecule has 9 heteroatoms. The van der Waals surface area contributed by atoms with Crippen molar-refractivity contribution in [3.63, 3.8) is 0 Å². The molecule has 29 heavy (non-hydrogen) atoms. The Kier molecular flexibility index (Phi) is 4.83. The van der Waals surface area contributed by atoms with Crippen LogP contribution in [0.5, 0.6) is 0 Å². The molecule has 2 amide bonds. The molecule has 1 aliphatic heterocycles. The van der Waals surface area contributed by atoms with Crippen molar-refractivity contribution < 1.29 is 9.59 Å². The lowest BCUT2D eigenvalue weighted by Crippen LogP contribution is -2.41. The molecule has 0 saturated carbocycles. The largest absolute Gasteiger partial charge is 0.366 e. The van der Waals surface area contributed by atoms with Crippen molar-refractivity contribution in [1.82, 2.24) is 9.55 Å². The lowest BCUT2D eigenvalue weighted by Gasteiger charge is -2.27. The number of nitrogens with two attached hydrogens (primary N) is 1. The number of anilines is 1. The fourth-order valence-electron chi connectivity index (χ4n) is 3.75. The average Bonchev–Trinajstić information content (AvgIpc) is 2.67. The maximum absolute atomic E-state index is 12.6. The molecule has 0 fully saturated rings. The monoisotopic (exact) mass is 456 g/mol. The molecule has 2 heterocycles. The number of halogens is 1. The molecule has 0 radical (unpaired) electrons. The minimum atomic E-state index is -0.712. The van der Waals surface area contributed by atoms with Gasteiger partial charge in [-0.1, -0.05) is 15.9 Å². The van der Waals surface area contributed by atoms with Crippen LogP contribution in [-0.4, -0.2) is 21.4 Å². The summed E-state index contributed by atoms with van der Waals surface area (Å²) < 4.78 is 2.26. The van der Waals surface area contributed by atoms with E-state index in [4.69, 9.17) is 5.73 Å². The van der Waals surface area contributed by atoms with Gasteiger partial charge in [0.2, 0.25) is 11.8 Å². The standard InChI is InChI=1S/C20H17BrN4O4/c21-12-7-11-3-6-14(25-17(11)15(8-12)24-19(28)20(25)29)9-16(26)23-13-4-1-10(2-5-13)18(22)27/h1-2,4-5,7-8,14H,3,6,9H2,(H2,22,27)(H,23,26)(H,24,28). The first-order valence-electron chi connectivity index (χ1n) is 9.00. The second kappa shape index (κ2) is 7.32. The van der Waals surface area contributed by atoms with Crippen molar-refractivity contribution >= 4 is 44.5 Å². The molecule has 1 unspecified atom stereocenters. The van der Waals surface area contributed by atoms with E-state index in [1.165, 1.54) is 16.7 Å². The van der Waals surface area contributed by atoms with Crippen LogP contribution in [0.15, 0.2) is 50.5 Å². The second-order valence-corrected chi connectivity index (χ2v) is 7.89. The van der Waals surface area contributed by atoms with E-state index in [1.807, 2.05) is 6.07 Å². The van der Waals surface area contributed by atoms with Crippen molar-refractivity contribution in [1.29, 1.82) is 0 Å². The summed E-state index contributed by atoms with van der Waals surface area (Å²) in [5.41, 5.74) is 6.86. The second-order valence-electron chi connectivity index (χ2n) is 6.98. The summed E-state index contributed by atoms with van der Waals surface area (Å²) in [5, 5.41) is 2.75. The Hall–Kier alpha value is -3.20. The van der Waals surface area contributed by atoms with Gasteiger partial charge in [-0.15, -0.1) is 0 Å². The first-order chi connectivity index (χ1) is 13.8. The molecule has 1 atom stereocenters. The average molecular weight is 457 g/mol. The van der Waals surface area contributed by atoms with Gasteiger partial charge in [-0.05, 0) is 54.8 Å². The van der Waals surface area contributed by atoms with Gasteiger partial charge < -0.3 is 16.0 Å². The highest BCUT2D eigenvalue weighted by atomic mass is 79.9. The summed E-state index contributed by atoms with van der Waals surface area (Å²) in [6.45, 7) is 0. The maximum Gasteiger partial charge on any atom is 0.317 e. The van der Waals surface area contributed by atoms with Crippen LogP contribution in [-0.2, 0) is 11.2 Å². The van der Waals surface area contributed by atoms with Gasteiger partial charge >= 0.3 is 11.1 Å². The van der Waals surface area contributed by atoms with Crippen molar-refractivity contribution in [2.45, 2.75) is 25.3 Å². The minimum absolute atomic E-state index is 0.0472. The summed E-state index contributed by atoms with van der Waals surface area (Å²) in [5.74, 6) is -0.837. The molecule has 8 nitrogen and oxygen atoms in total. The summed E-state index contributed by atoms with van der Waals surface area (Å²) in [6.07, 6.45) is 1.30. The molecule has 0 aliphatic carbocycles. The number of hydrogen-bond acceptors (Lipinski definition) is 4. The zero-order valence-corrected chi connectivity index (χ0v) is 16.8. The van der Waals surface area contributed by atoms with E-state index < -0.39 is 23.1 Å². The van der Waals surface area contributed by atoms with Gasteiger partial charge in [-0.25, -0.2) is 0 Å². The van der Waals surface area contributed by atoms with Crippen LogP contribution in [0.2, 0.25) is 0 Å². The molecule has 1 aliphatic rings. The number of primary amides is 1. The fraction of sp³-hybridized carbons (Fsp3) is 0.200. The predicted octanol–water partition coefficient (Wildman–Crippen LogP) is 2.07. The number of hydrogen-bond donors (Lipinski definition) is 3. The third-order valence-corrected chi connectivity index (χ3v) is 5.50. The molecule has 4 N–H and O–H groups in total. The fourth-order valence-corrected chi connectivity index (χ4v) is 4.25. The smallest absolute Gasteiger partial charge is 0.317 e. The quantitative estimate of drug-likeness (QED) is 0.519. The molecule has 3 aromatic rings. The Balaban J connectivity index is 1.63. The highest BCUT2D eigenvalue weighted by Crippen LogP contribution is 2.32. The van der Waals surface area contributed by atoms with Gasteiger partial charge in [0.1, 0.15) is 0 Å². The number of aryl methyl sites for hydroxylation is 1. The highest BCUT2D eigenvalue weighted by Gasteiger charge is 2.26. The molecule has 148 valence electrons. The number of H-pyrrole nitrogens is 1. The molecule has 0 bridgehead atoms. The van der Waals surface area contributed by atoms with Crippen LogP contribution in [0.4, 0.5) is 5.69 Å². The SMILES string of the molecule is NC(=O)c1ccc(NC(=O)CC2CCc3cc(Br)cc4[nH]c(=O)c(=O)n2c34)cc1. The highest BCUT2D eigenvalue weighted by molar-refractivity contribution is 9.10. The van der Waals surface area contributed by atoms with Crippen molar-refractivity contribution in [2.75, 3.05) is 5.32 Å². The van der Waals surface area contributed by atoms with Crippen molar-refractivity contribution in [2.24, 2.45) is 5.73 Å². The number of rotatable bonds is 4. The normalized spacial score (nSPS) is 15.3. The van der Waals surface area contributed by atoms with E-state index in [0.717, 1.165) is 10.0 Å². The maximum atomic E-state index is 12.6. The summed E-state index contributed by atoms with van der Waals surface area (Å²) in [6, 6.07) is 9.47. The van der Waals surface area contributed by atoms with E-state index >= 15 is 0 Å². The third kappa shape index (κ3) is 3.61. The number of carbonyl (C=O) groups excluding carboxylic acids is 2.